The fourth-order valence-electron chi connectivity index (χ4n) is 3.20. The standard InChI is InChI=1S/C24H26FN3O4/c1-2-31-24(30)19(15-17-7-4-3-5-8-17)16-26-21(29)9-6-10-22-27-23(28-32-22)18-11-13-20(25)14-12-18/h3-5,7-8,11-14,19H,2,6,9-10,15-16H2,1H3,(H,26,29). The molecule has 8 heteroatoms. The van der Waals surface area contributed by atoms with E-state index in [2.05, 4.69) is 15.5 Å². The number of hydrogen-bond donors (Lipinski definition) is 1. The second kappa shape index (κ2) is 11.7. The summed E-state index contributed by atoms with van der Waals surface area (Å²) in [5, 5.41) is 6.71. The largest absolute Gasteiger partial charge is 0.466 e. The molecular weight excluding hydrogens is 413 g/mol. The van der Waals surface area contributed by atoms with E-state index in [0.29, 0.717) is 43.1 Å². The molecule has 1 aromatic heterocycles. The second-order valence-electron chi connectivity index (χ2n) is 7.31. The topological polar surface area (TPSA) is 94.3 Å². The Morgan fingerprint density at radius 2 is 1.88 bits per heavy atom. The van der Waals surface area contributed by atoms with Crippen molar-refractivity contribution in [1.29, 1.82) is 0 Å². The number of amides is 1. The van der Waals surface area contributed by atoms with Gasteiger partial charge in [-0.2, -0.15) is 4.98 Å². The molecule has 32 heavy (non-hydrogen) atoms. The third-order valence-corrected chi connectivity index (χ3v) is 4.86. The first-order valence-electron chi connectivity index (χ1n) is 10.6. The SMILES string of the molecule is CCOC(=O)C(CNC(=O)CCCc1nc(-c2ccc(F)cc2)no1)Cc1ccccc1. The highest BCUT2D eigenvalue weighted by molar-refractivity contribution is 5.78. The van der Waals surface area contributed by atoms with Gasteiger partial charge in [0.15, 0.2) is 0 Å². The Morgan fingerprint density at radius 1 is 1.12 bits per heavy atom. The molecule has 0 saturated heterocycles. The molecular formula is C24H26FN3O4. The summed E-state index contributed by atoms with van der Waals surface area (Å²) in [6.45, 7) is 2.26. The summed E-state index contributed by atoms with van der Waals surface area (Å²) in [7, 11) is 0. The van der Waals surface area contributed by atoms with Crippen molar-refractivity contribution >= 4 is 11.9 Å². The molecule has 1 unspecified atom stereocenters. The van der Waals surface area contributed by atoms with Gasteiger partial charge in [0.25, 0.3) is 0 Å². The minimum atomic E-state index is -0.449. The molecule has 0 aliphatic heterocycles. The van der Waals surface area contributed by atoms with Crippen LogP contribution in [0.5, 0.6) is 0 Å². The Labute approximate surface area is 186 Å². The summed E-state index contributed by atoms with van der Waals surface area (Å²) in [5.41, 5.74) is 1.66. The average molecular weight is 439 g/mol. The number of halogens is 1. The van der Waals surface area contributed by atoms with Crippen LogP contribution in [0.4, 0.5) is 4.39 Å². The highest BCUT2D eigenvalue weighted by atomic mass is 19.1. The van der Waals surface area contributed by atoms with E-state index in [1.807, 2.05) is 30.3 Å². The van der Waals surface area contributed by atoms with Gasteiger partial charge in [0.2, 0.25) is 17.6 Å². The van der Waals surface area contributed by atoms with Crippen LogP contribution in [0.3, 0.4) is 0 Å². The Hall–Kier alpha value is -3.55. The molecule has 0 saturated carbocycles. The molecule has 0 aliphatic carbocycles. The van der Waals surface area contributed by atoms with E-state index in [1.165, 1.54) is 12.1 Å². The normalized spacial score (nSPS) is 11.7. The Kier molecular flexibility index (Phi) is 8.48. The molecule has 0 spiro atoms. The predicted octanol–water partition coefficient (Wildman–Crippen LogP) is 3.74. The second-order valence-corrected chi connectivity index (χ2v) is 7.31. The monoisotopic (exact) mass is 439 g/mol. The van der Waals surface area contributed by atoms with E-state index in [9.17, 15) is 14.0 Å². The van der Waals surface area contributed by atoms with Gasteiger partial charge >= 0.3 is 5.97 Å². The van der Waals surface area contributed by atoms with Gasteiger partial charge in [-0.1, -0.05) is 35.5 Å². The van der Waals surface area contributed by atoms with Crippen LogP contribution in [-0.2, 0) is 27.2 Å². The summed E-state index contributed by atoms with van der Waals surface area (Å²) in [5.74, 6) is -0.484. The fourth-order valence-corrected chi connectivity index (χ4v) is 3.20. The zero-order valence-corrected chi connectivity index (χ0v) is 17.9. The van der Waals surface area contributed by atoms with Crippen molar-refractivity contribution in [2.24, 2.45) is 5.92 Å². The summed E-state index contributed by atoms with van der Waals surface area (Å²) in [4.78, 5) is 28.8. The molecule has 7 nitrogen and oxygen atoms in total. The number of esters is 1. The predicted molar refractivity (Wildman–Crippen MR) is 116 cm³/mol. The van der Waals surface area contributed by atoms with Crippen molar-refractivity contribution in [2.45, 2.75) is 32.6 Å². The minimum absolute atomic E-state index is 0.161. The average Bonchev–Trinajstić information content (AvgIpc) is 3.27. The number of aromatic nitrogens is 2. The molecule has 1 heterocycles. The number of carbonyl (C=O) groups excluding carboxylic acids is 2. The molecule has 0 bridgehead atoms. The summed E-state index contributed by atoms with van der Waals surface area (Å²) >= 11 is 0. The first kappa shape index (κ1) is 23.1. The van der Waals surface area contributed by atoms with E-state index in [1.54, 1.807) is 19.1 Å². The number of carbonyl (C=O) groups is 2. The maximum absolute atomic E-state index is 13.0. The molecule has 1 amide bonds. The smallest absolute Gasteiger partial charge is 0.311 e. The molecule has 1 atom stereocenters. The van der Waals surface area contributed by atoms with Gasteiger partial charge in [0.05, 0.1) is 12.5 Å². The van der Waals surface area contributed by atoms with Crippen LogP contribution in [-0.4, -0.2) is 35.2 Å². The number of aryl methyl sites for hydroxylation is 1. The van der Waals surface area contributed by atoms with Crippen LogP contribution < -0.4 is 5.32 Å². The molecule has 0 fully saturated rings. The van der Waals surface area contributed by atoms with Crippen LogP contribution in [0, 0.1) is 11.7 Å². The zero-order valence-electron chi connectivity index (χ0n) is 17.9. The van der Waals surface area contributed by atoms with Crippen molar-refractivity contribution in [2.75, 3.05) is 13.2 Å². The maximum atomic E-state index is 13.0. The van der Waals surface area contributed by atoms with Crippen molar-refractivity contribution in [3.8, 4) is 11.4 Å². The molecule has 3 rings (SSSR count). The van der Waals surface area contributed by atoms with Gasteiger partial charge < -0.3 is 14.6 Å². The highest BCUT2D eigenvalue weighted by Gasteiger charge is 2.21. The van der Waals surface area contributed by atoms with E-state index >= 15 is 0 Å². The van der Waals surface area contributed by atoms with Crippen LogP contribution in [0.15, 0.2) is 59.1 Å². The number of rotatable bonds is 11. The van der Waals surface area contributed by atoms with E-state index in [4.69, 9.17) is 9.26 Å². The quantitative estimate of drug-likeness (QED) is 0.458. The lowest BCUT2D eigenvalue weighted by atomic mass is 9.99. The lowest BCUT2D eigenvalue weighted by Crippen LogP contribution is -2.35. The first-order chi connectivity index (χ1) is 15.5. The van der Waals surface area contributed by atoms with Gasteiger partial charge in [-0.15, -0.1) is 0 Å². The third-order valence-electron chi connectivity index (χ3n) is 4.86. The number of benzene rings is 2. The third kappa shape index (κ3) is 7.01. The number of hydrogen-bond acceptors (Lipinski definition) is 6. The van der Waals surface area contributed by atoms with Gasteiger partial charge in [-0.05, 0) is 49.6 Å². The highest BCUT2D eigenvalue weighted by Crippen LogP contribution is 2.17. The fraction of sp³-hybridized carbons (Fsp3) is 0.333. The Balaban J connectivity index is 1.45. The van der Waals surface area contributed by atoms with Crippen molar-refractivity contribution in [3.05, 3.63) is 71.9 Å². The summed E-state index contributed by atoms with van der Waals surface area (Å²) in [6, 6.07) is 15.4. The number of nitrogens with one attached hydrogen (secondary N) is 1. The summed E-state index contributed by atoms with van der Waals surface area (Å²) < 4.78 is 23.4. The number of nitrogens with zero attached hydrogens (tertiary/aromatic N) is 2. The molecule has 0 radical (unpaired) electrons. The van der Waals surface area contributed by atoms with Crippen LogP contribution in [0.1, 0.15) is 31.2 Å². The van der Waals surface area contributed by atoms with Gasteiger partial charge in [0, 0.05) is 24.9 Å². The van der Waals surface area contributed by atoms with Crippen LogP contribution in [0.2, 0.25) is 0 Å². The molecule has 3 aromatic rings. The van der Waals surface area contributed by atoms with Crippen LogP contribution in [0.25, 0.3) is 11.4 Å². The molecule has 2 aromatic carbocycles. The lowest BCUT2D eigenvalue weighted by molar-refractivity contribution is -0.147. The Morgan fingerprint density at radius 3 is 2.59 bits per heavy atom. The first-order valence-corrected chi connectivity index (χ1v) is 10.6. The Bertz CT molecular complexity index is 1010. The van der Waals surface area contributed by atoms with Crippen LogP contribution >= 0.6 is 0 Å². The lowest BCUT2D eigenvalue weighted by Gasteiger charge is -2.16. The number of ether oxygens (including phenoxy) is 1. The van der Waals surface area contributed by atoms with E-state index in [0.717, 1.165) is 5.56 Å². The van der Waals surface area contributed by atoms with Gasteiger partial charge in [-0.25, -0.2) is 4.39 Å². The van der Waals surface area contributed by atoms with Gasteiger partial charge in [-0.3, -0.25) is 9.59 Å². The molecule has 0 aliphatic rings. The van der Waals surface area contributed by atoms with E-state index < -0.39 is 5.92 Å². The van der Waals surface area contributed by atoms with Gasteiger partial charge in [0.1, 0.15) is 5.82 Å². The molecule has 1 N–H and O–H groups in total. The summed E-state index contributed by atoms with van der Waals surface area (Å²) in [6.07, 6.45) is 1.70. The molecule has 168 valence electrons. The van der Waals surface area contributed by atoms with E-state index in [-0.39, 0.29) is 30.7 Å². The minimum Gasteiger partial charge on any atom is -0.466 e. The van der Waals surface area contributed by atoms with Crippen molar-refractivity contribution in [3.63, 3.8) is 0 Å². The van der Waals surface area contributed by atoms with Crippen molar-refractivity contribution in [1.82, 2.24) is 15.5 Å². The van der Waals surface area contributed by atoms with Crippen molar-refractivity contribution < 1.29 is 23.2 Å². The maximum Gasteiger partial charge on any atom is 0.311 e. The zero-order chi connectivity index (χ0) is 22.8.